The minimum atomic E-state index is -2.54. The van der Waals surface area contributed by atoms with Crippen LogP contribution in [0.3, 0.4) is 0 Å². The summed E-state index contributed by atoms with van der Waals surface area (Å²) < 4.78 is 44.2. The highest BCUT2D eigenvalue weighted by Crippen LogP contribution is 2.37. The Balaban J connectivity index is 1.56. The SMILES string of the molecule is COc1cc(OC)c(OC)cc1/C=C/C(=O)[C@]1(CO)O[C@H](OC2[C@@H](CO)O[C@@H](OC3[C@@H](CO)O[C@@H](O)[C@H](N)[C@H]3O)[C@H](N)[C@H]2O)[C@H](N)[C@@H](O)[C@@H]1O. The Hall–Kier alpha value is -2.61. The molecular weight excluding hydrogens is 674 g/mol. The van der Waals surface area contributed by atoms with Crippen LogP contribution in [0.2, 0.25) is 0 Å². The molecule has 3 saturated heterocycles. The van der Waals surface area contributed by atoms with Crippen LogP contribution in [-0.4, -0.2) is 179 Å². The number of ether oxygens (including phenoxy) is 8. The van der Waals surface area contributed by atoms with E-state index >= 15 is 0 Å². The fraction of sp³-hybridized carbons (Fsp3) is 0.700. The Kier molecular flexibility index (Phi) is 13.5. The quantitative estimate of drug-likeness (QED) is 0.0844. The first-order chi connectivity index (χ1) is 23.7. The zero-order valence-corrected chi connectivity index (χ0v) is 27.5. The van der Waals surface area contributed by atoms with Gasteiger partial charge in [0.1, 0.15) is 54.6 Å². The number of rotatable bonds is 13. The summed E-state index contributed by atoms with van der Waals surface area (Å²) in [6.45, 7) is -2.70. The van der Waals surface area contributed by atoms with Gasteiger partial charge in [0.25, 0.3) is 0 Å². The van der Waals surface area contributed by atoms with Gasteiger partial charge in [-0.25, -0.2) is 0 Å². The van der Waals surface area contributed by atoms with E-state index in [-0.39, 0.29) is 5.75 Å². The van der Waals surface area contributed by atoms with Gasteiger partial charge in [-0.1, -0.05) is 0 Å². The largest absolute Gasteiger partial charge is 0.496 e. The monoisotopic (exact) mass is 721 g/mol. The van der Waals surface area contributed by atoms with Gasteiger partial charge in [0.2, 0.25) is 0 Å². The molecule has 0 saturated carbocycles. The van der Waals surface area contributed by atoms with Crippen molar-refractivity contribution in [3.05, 3.63) is 23.8 Å². The third kappa shape index (κ3) is 7.61. The number of ketones is 1. The standard InChI is InChI=1S/C30H47N3O17/c1-43-12-7-14(45-3)13(44-2)6-11(12)4-5-17(37)30(10-36)26(41)23(40)20(33)29(50-30)49-25-16(9-35)47-28(19(32)22(25)39)48-24-15(8-34)46-27(42)18(31)21(24)38/h4-7,15-16,18-29,34-36,38-42H,8-10,31-33H2,1-3H3/b5-4+/t15-,16-,18-,19-,20-,21-,22-,23-,24?,25?,26+,27-,28+,29+,30+/m1/s1. The Morgan fingerprint density at radius 2 is 1.28 bits per heavy atom. The third-order valence-electron chi connectivity index (χ3n) is 9.04. The Labute approximate surface area is 286 Å². The normalized spacial score (nSPS) is 40.8. The summed E-state index contributed by atoms with van der Waals surface area (Å²) >= 11 is 0. The van der Waals surface area contributed by atoms with Gasteiger partial charge in [-0.3, -0.25) is 4.79 Å². The van der Waals surface area contributed by atoms with Gasteiger partial charge in [-0.2, -0.15) is 0 Å². The highest BCUT2D eigenvalue weighted by Gasteiger charge is 2.58. The van der Waals surface area contributed by atoms with Crippen molar-refractivity contribution in [3.8, 4) is 17.2 Å². The minimum absolute atomic E-state index is 0.274. The summed E-state index contributed by atoms with van der Waals surface area (Å²) in [5, 5.41) is 83.8. The fourth-order valence-electron chi connectivity index (χ4n) is 5.98. The molecular formula is C30H47N3O17. The zero-order valence-electron chi connectivity index (χ0n) is 27.5. The predicted octanol–water partition coefficient (Wildman–Crippen LogP) is -6.00. The van der Waals surface area contributed by atoms with E-state index in [0.717, 1.165) is 6.08 Å². The van der Waals surface area contributed by atoms with Crippen LogP contribution in [-0.2, 0) is 28.5 Å². The number of benzene rings is 1. The summed E-state index contributed by atoms with van der Waals surface area (Å²) in [6.07, 6.45) is -15.7. The van der Waals surface area contributed by atoms with Crippen LogP contribution in [0.15, 0.2) is 18.2 Å². The first-order valence-electron chi connectivity index (χ1n) is 15.5. The lowest BCUT2D eigenvalue weighted by atomic mass is 9.82. The Bertz CT molecular complexity index is 1320. The lowest BCUT2D eigenvalue weighted by Crippen LogP contribution is -2.73. The van der Waals surface area contributed by atoms with E-state index in [9.17, 15) is 45.6 Å². The second-order valence-corrected chi connectivity index (χ2v) is 12.0. The molecule has 0 radical (unpaired) electrons. The number of carbonyl (C=O) groups is 1. The molecule has 2 unspecified atom stereocenters. The van der Waals surface area contributed by atoms with Crippen molar-refractivity contribution in [2.75, 3.05) is 41.2 Å². The van der Waals surface area contributed by atoms with Crippen LogP contribution in [0.25, 0.3) is 6.08 Å². The smallest absolute Gasteiger partial charge is 0.192 e. The molecule has 3 aliphatic rings. The molecule has 284 valence electrons. The molecule has 0 aliphatic carbocycles. The predicted molar refractivity (Wildman–Crippen MR) is 166 cm³/mol. The summed E-state index contributed by atoms with van der Waals surface area (Å²) in [6, 6.07) is -1.37. The molecule has 0 amide bonds. The van der Waals surface area contributed by atoms with E-state index in [4.69, 9.17) is 55.1 Å². The maximum atomic E-state index is 13.6. The van der Waals surface area contributed by atoms with Crippen molar-refractivity contribution in [2.24, 2.45) is 17.2 Å². The van der Waals surface area contributed by atoms with Gasteiger partial charge in [0, 0.05) is 11.6 Å². The first-order valence-corrected chi connectivity index (χ1v) is 15.5. The Morgan fingerprint density at radius 1 is 0.760 bits per heavy atom. The van der Waals surface area contributed by atoms with Crippen molar-refractivity contribution in [1.29, 1.82) is 0 Å². The molecule has 1 aromatic carbocycles. The molecule has 14 N–H and O–H groups in total. The maximum absolute atomic E-state index is 13.6. The van der Waals surface area contributed by atoms with Crippen molar-refractivity contribution < 1.29 is 83.5 Å². The van der Waals surface area contributed by atoms with E-state index in [1.807, 2.05) is 0 Å². The number of hydrogen-bond acceptors (Lipinski definition) is 20. The molecule has 0 spiro atoms. The molecule has 0 aromatic heterocycles. The van der Waals surface area contributed by atoms with E-state index in [0.29, 0.717) is 17.1 Å². The average Bonchev–Trinajstić information content (AvgIpc) is 3.12. The topological polar surface area (TPSA) is 331 Å². The summed E-state index contributed by atoms with van der Waals surface area (Å²) in [4.78, 5) is 13.6. The average molecular weight is 722 g/mol. The second kappa shape index (κ2) is 16.8. The van der Waals surface area contributed by atoms with E-state index < -0.39 is 117 Å². The van der Waals surface area contributed by atoms with Crippen LogP contribution < -0.4 is 31.4 Å². The molecule has 20 heteroatoms. The summed E-state index contributed by atoms with van der Waals surface area (Å²) in [5.74, 6) is -0.106. The Morgan fingerprint density at radius 3 is 1.84 bits per heavy atom. The van der Waals surface area contributed by atoms with Crippen molar-refractivity contribution in [2.45, 2.75) is 91.4 Å². The van der Waals surface area contributed by atoms with Crippen LogP contribution in [0.1, 0.15) is 5.56 Å². The van der Waals surface area contributed by atoms with Crippen molar-refractivity contribution >= 4 is 11.9 Å². The second-order valence-electron chi connectivity index (χ2n) is 12.0. The van der Waals surface area contributed by atoms with Crippen molar-refractivity contribution in [3.63, 3.8) is 0 Å². The van der Waals surface area contributed by atoms with Gasteiger partial charge >= 0.3 is 0 Å². The summed E-state index contributed by atoms with van der Waals surface area (Å²) in [5.41, 5.74) is 15.8. The lowest BCUT2D eigenvalue weighted by Gasteiger charge is -2.50. The van der Waals surface area contributed by atoms with Gasteiger partial charge in [0.15, 0.2) is 41.8 Å². The fourth-order valence-corrected chi connectivity index (χ4v) is 5.98. The summed E-state index contributed by atoms with van der Waals surface area (Å²) in [7, 11) is 4.21. The number of hydrogen-bond donors (Lipinski definition) is 11. The number of methoxy groups -OCH3 is 3. The van der Waals surface area contributed by atoms with Crippen LogP contribution in [0.5, 0.6) is 17.2 Å². The van der Waals surface area contributed by atoms with Gasteiger partial charge in [-0.15, -0.1) is 0 Å². The van der Waals surface area contributed by atoms with Crippen LogP contribution in [0.4, 0.5) is 0 Å². The van der Waals surface area contributed by atoms with Crippen LogP contribution in [0, 0.1) is 0 Å². The van der Waals surface area contributed by atoms with E-state index in [1.165, 1.54) is 39.5 Å². The lowest BCUT2D eigenvalue weighted by molar-refractivity contribution is -0.355. The highest BCUT2D eigenvalue weighted by atomic mass is 16.7. The first kappa shape index (κ1) is 40.2. The molecule has 15 atom stereocenters. The maximum Gasteiger partial charge on any atom is 0.192 e. The number of nitrogens with two attached hydrogens (primary N) is 3. The van der Waals surface area contributed by atoms with Gasteiger partial charge in [0.05, 0.1) is 59.3 Å². The van der Waals surface area contributed by atoms with Crippen LogP contribution >= 0.6 is 0 Å². The van der Waals surface area contributed by atoms with E-state index in [1.54, 1.807) is 0 Å². The van der Waals surface area contributed by atoms with E-state index in [2.05, 4.69) is 0 Å². The van der Waals surface area contributed by atoms with Crippen molar-refractivity contribution in [1.82, 2.24) is 0 Å². The number of carbonyl (C=O) groups excluding carboxylic acids is 1. The molecule has 3 fully saturated rings. The van der Waals surface area contributed by atoms with Gasteiger partial charge in [-0.05, 0) is 18.2 Å². The molecule has 1 aromatic rings. The highest BCUT2D eigenvalue weighted by molar-refractivity contribution is 6.01. The number of aliphatic hydroxyl groups is 8. The minimum Gasteiger partial charge on any atom is -0.496 e. The number of aliphatic hydroxyl groups excluding tert-OH is 8. The molecule has 0 bridgehead atoms. The molecule has 20 nitrogen and oxygen atoms in total. The zero-order chi connectivity index (χ0) is 37.1. The molecule has 3 aliphatic heterocycles. The molecule has 4 rings (SSSR count). The van der Waals surface area contributed by atoms with Gasteiger partial charge < -0.3 is 95.9 Å². The molecule has 3 heterocycles. The third-order valence-corrected chi connectivity index (χ3v) is 9.04. The molecule has 50 heavy (non-hydrogen) atoms.